The number of amides is 1. The lowest BCUT2D eigenvalue weighted by atomic mass is 10.1. The number of carbonyl (C=O) groups is 1. The molecule has 3 N–H and O–H groups in total. The van der Waals surface area contributed by atoms with Crippen molar-refractivity contribution in [2.45, 2.75) is 19.4 Å². The first-order valence-electron chi connectivity index (χ1n) is 6.12. The third kappa shape index (κ3) is 2.76. The Morgan fingerprint density at radius 2 is 2.42 bits per heavy atom. The third-order valence-corrected chi connectivity index (χ3v) is 4.23. The van der Waals surface area contributed by atoms with Gasteiger partial charge in [-0.15, -0.1) is 0 Å². The fourth-order valence-electron chi connectivity index (χ4n) is 2.08. The van der Waals surface area contributed by atoms with Crippen LogP contribution in [0.2, 0.25) is 0 Å². The Kier molecular flexibility index (Phi) is 2.98. The summed E-state index contributed by atoms with van der Waals surface area (Å²) in [4.78, 5) is 20.4. The van der Waals surface area contributed by atoms with E-state index in [9.17, 15) is 4.79 Å². The average Bonchev–Trinajstić information content (AvgIpc) is 2.79. The molecule has 100 valence electrons. The van der Waals surface area contributed by atoms with Gasteiger partial charge in [0.25, 0.3) is 5.91 Å². The van der Waals surface area contributed by atoms with Gasteiger partial charge in [-0.1, -0.05) is 11.3 Å². The van der Waals surface area contributed by atoms with E-state index in [1.807, 2.05) is 12.5 Å². The van der Waals surface area contributed by atoms with Gasteiger partial charge in [-0.3, -0.25) is 4.79 Å². The van der Waals surface area contributed by atoms with Crippen molar-refractivity contribution in [1.29, 1.82) is 0 Å². The van der Waals surface area contributed by atoms with Gasteiger partial charge in [0.1, 0.15) is 4.88 Å². The second-order valence-corrected chi connectivity index (χ2v) is 6.04. The summed E-state index contributed by atoms with van der Waals surface area (Å²) in [5.41, 5.74) is 5.71. The monoisotopic (exact) mass is 277 g/mol. The number of nitrogens with one attached hydrogen (secondary N) is 1. The van der Waals surface area contributed by atoms with Crippen molar-refractivity contribution < 1.29 is 4.79 Å². The second-order valence-electron chi connectivity index (χ2n) is 4.98. The minimum atomic E-state index is -0.0916. The molecule has 7 heteroatoms. The topological polar surface area (TPSA) is 85.8 Å². The molecule has 1 amide bonds. The maximum Gasteiger partial charge on any atom is 0.263 e. The summed E-state index contributed by atoms with van der Waals surface area (Å²) < 4.78 is 2.06. The molecule has 2 heterocycles. The fraction of sp³-hybridized carbons (Fsp3) is 0.417. The first kappa shape index (κ1) is 12.2. The standard InChI is InChI=1S/C12H15N5OS/c13-11-15-5-9(19-11)10(18)16-6-12(1-2-12)7-17-4-3-14-8-17/h3-5,8H,1-2,6-7H2,(H2,13,15)(H,16,18). The Balaban J connectivity index is 1.56. The highest BCUT2D eigenvalue weighted by Gasteiger charge is 2.43. The van der Waals surface area contributed by atoms with Gasteiger partial charge in [-0.25, -0.2) is 9.97 Å². The van der Waals surface area contributed by atoms with Crippen LogP contribution in [0.25, 0.3) is 0 Å². The highest BCUT2D eigenvalue weighted by molar-refractivity contribution is 7.17. The SMILES string of the molecule is Nc1ncc(C(=O)NCC2(Cn3ccnc3)CC2)s1. The van der Waals surface area contributed by atoms with Crippen LogP contribution < -0.4 is 11.1 Å². The van der Waals surface area contributed by atoms with Crippen LogP contribution in [-0.2, 0) is 6.54 Å². The molecule has 6 nitrogen and oxygen atoms in total. The van der Waals surface area contributed by atoms with E-state index >= 15 is 0 Å². The van der Waals surface area contributed by atoms with E-state index in [0.717, 1.165) is 19.4 Å². The number of aromatic nitrogens is 3. The molecule has 1 aliphatic carbocycles. The number of hydrogen-bond acceptors (Lipinski definition) is 5. The van der Waals surface area contributed by atoms with E-state index < -0.39 is 0 Å². The van der Waals surface area contributed by atoms with Crippen LogP contribution in [0.15, 0.2) is 24.9 Å². The highest BCUT2D eigenvalue weighted by Crippen LogP contribution is 2.46. The zero-order valence-corrected chi connectivity index (χ0v) is 11.2. The molecule has 0 bridgehead atoms. The molecule has 2 aromatic rings. The van der Waals surface area contributed by atoms with E-state index in [0.29, 0.717) is 16.6 Å². The van der Waals surface area contributed by atoms with Crippen LogP contribution in [0.3, 0.4) is 0 Å². The summed E-state index contributed by atoms with van der Waals surface area (Å²) in [6.07, 6.45) is 9.32. The average molecular weight is 277 g/mol. The number of nitrogens with zero attached hydrogens (tertiary/aromatic N) is 3. The normalized spacial score (nSPS) is 16.2. The third-order valence-electron chi connectivity index (χ3n) is 3.41. The van der Waals surface area contributed by atoms with Crippen LogP contribution in [0.4, 0.5) is 5.13 Å². The lowest BCUT2D eigenvalue weighted by molar-refractivity contribution is 0.0947. The zero-order valence-electron chi connectivity index (χ0n) is 10.4. The van der Waals surface area contributed by atoms with Gasteiger partial charge in [-0.05, 0) is 12.8 Å². The first-order valence-corrected chi connectivity index (χ1v) is 6.94. The maximum atomic E-state index is 11.9. The second kappa shape index (κ2) is 4.65. The van der Waals surface area contributed by atoms with E-state index in [-0.39, 0.29) is 11.3 Å². The van der Waals surface area contributed by atoms with Gasteiger partial charge in [0, 0.05) is 30.9 Å². The number of hydrogen-bond donors (Lipinski definition) is 2. The van der Waals surface area contributed by atoms with Crippen molar-refractivity contribution in [2.75, 3.05) is 12.3 Å². The van der Waals surface area contributed by atoms with Crippen LogP contribution in [0.5, 0.6) is 0 Å². The summed E-state index contributed by atoms with van der Waals surface area (Å²) in [7, 11) is 0. The van der Waals surface area contributed by atoms with E-state index in [1.165, 1.54) is 17.5 Å². The predicted molar refractivity (Wildman–Crippen MR) is 72.8 cm³/mol. The molecule has 0 atom stereocenters. The van der Waals surface area contributed by atoms with Gasteiger partial charge in [0.05, 0.1) is 12.5 Å². The minimum absolute atomic E-state index is 0.0916. The number of thiazole rings is 1. The Morgan fingerprint density at radius 1 is 1.58 bits per heavy atom. The fourth-order valence-corrected chi connectivity index (χ4v) is 2.68. The van der Waals surface area contributed by atoms with Crippen LogP contribution in [-0.4, -0.2) is 27.0 Å². The van der Waals surface area contributed by atoms with Gasteiger partial charge in [0.2, 0.25) is 0 Å². The number of anilines is 1. The summed E-state index contributed by atoms with van der Waals surface area (Å²) in [6, 6.07) is 0. The molecule has 0 unspecified atom stereocenters. The van der Waals surface area contributed by atoms with Crippen LogP contribution in [0, 0.1) is 5.41 Å². The molecule has 0 radical (unpaired) electrons. The van der Waals surface area contributed by atoms with Gasteiger partial charge in [-0.2, -0.15) is 0 Å². The lowest BCUT2D eigenvalue weighted by Crippen LogP contribution is -2.31. The number of nitrogen functional groups attached to an aromatic ring is 1. The Bertz CT molecular complexity index is 573. The Labute approximate surface area is 114 Å². The molecule has 19 heavy (non-hydrogen) atoms. The molecule has 1 fully saturated rings. The van der Waals surface area contributed by atoms with Gasteiger partial charge < -0.3 is 15.6 Å². The quantitative estimate of drug-likeness (QED) is 0.858. The zero-order chi connectivity index (χ0) is 13.3. The van der Waals surface area contributed by atoms with Crippen molar-refractivity contribution in [3.05, 3.63) is 29.8 Å². The summed E-state index contributed by atoms with van der Waals surface area (Å²) in [5.74, 6) is -0.0916. The largest absolute Gasteiger partial charge is 0.375 e. The molecule has 0 aliphatic heterocycles. The molecule has 3 rings (SSSR count). The molecule has 0 aromatic carbocycles. The van der Waals surface area contributed by atoms with E-state index in [4.69, 9.17) is 5.73 Å². The maximum absolute atomic E-state index is 11.9. The van der Waals surface area contributed by atoms with Crippen LogP contribution >= 0.6 is 11.3 Å². The number of carbonyl (C=O) groups excluding carboxylic acids is 1. The van der Waals surface area contributed by atoms with Crippen molar-refractivity contribution >= 4 is 22.4 Å². The number of nitrogens with two attached hydrogens (primary N) is 1. The van der Waals surface area contributed by atoms with Crippen molar-refractivity contribution in [3.63, 3.8) is 0 Å². The Morgan fingerprint density at radius 3 is 3.00 bits per heavy atom. The summed E-state index contributed by atoms with van der Waals surface area (Å²) in [5, 5.41) is 3.39. The van der Waals surface area contributed by atoms with E-state index in [2.05, 4.69) is 19.9 Å². The molecular formula is C12H15N5OS. The van der Waals surface area contributed by atoms with Gasteiger partial charge in [0.15, 0.2) is 5.13 Å². The summed E-state index contributed by atoms with van der Waals surface area (Å²) >= 11 is 1.21. The number of rotatable bonds is 5. The van der Waals surface area contributed by atoms with Gasteiger partial charge >= 0.3 is 0 Å². The van der Waals surface area contributed by atoms with Crippen molar-refractivity contribution in [1.82, 2.24) is 19.9 Å². The van der Waals surface area contributed by atoms with Crippen molar-refractivity contribution in [2.24, 2.45) is 5.41 Å². The smallest absolute Gasteiger partial charge is 0.263 e. The Hall–Kier alpha value is -1.89. The molecule has 0 saturated heterocycles. The first-order chi connectivity index (χ1) is 9.17. The van der Waals surface area contributed by atoms with E-state index in [1.54, 1.807) is 6.20 Å². The lowest BCUT2D eigenvalue weighted by Gasteiger charge is -2.16. The molecule has 1 saturated carbocycles. The minimum Gasteiger partial charge on any atom is -0.375 e. The highest BCUT2D eigenvalue weighted by atomic mass is 32.1. The molecule has 2 aromatic heterocycles. The number of imidazole rings is 1. The molecular weight excluding hydrogens is 262 g/mol. The predicted octanol–water partition coefficient (Wildman–Crippen LogP) is 1.13. The summed E-state index contributed by atoms with van der Waals surface area (Å²) in [6.45, 7) is 1.58. The van der Waals surface area contributed by atoms with Crippen molar-refractivity contribution in [3.8, 4) is 0 Å². The molecule has 1 aliphatic rings. The van der Waals surface area contributed by atoms with Crippen LogP contribution in [0.1, 0.15) is 22.5 Å². The molecule has 0 spiro atoms.